The Morgan fingerprint density at radius 1 is 1.29 bits per heavy atom. The predicted molar refractivity (Wildman–Crippen MR) is 53.2 cm³/mol. The fourth-order valence-corrected chi connectivity index (χ4v) is 1.16. The van der Waals surface area contributed by atoms with E-state index in [1.807, 2.05) is 25.1 Å². The molecule has 0 bridgehead atoms. The molecule has 0 radical (unpaired) electrons. The lowest BCUT2D eigenvalue weighted by Crippen LogP contribution is -2.18. The lowest BCUT2D eigenvalue weighted by molar-refractivity contribution is 0.621. The van der Waals surface area contributed by atoms with Crippen LogP contribution in [0.1, 0.15) is 24.1 Å². The number of benzene rings is 1. The summed E-state index contributed by atoms with van der Waals surface area (Å²) in [7, 11) is 0. The number of hydrogen-bond donors (Lipinski definition) is 1. The van der Waals surface area contributed by atoms with Gasteiger partial charge in [-0.3, -0.25) is 5.32 Å². The van der Waals surface area contributed by atoms with E-state index in [2.05, 4.69) is 11.4 Å². The topological polar surface area (TPSA) is 59.6 Å². The molecule has 1 unspecified atom stereocenters. The smallest absolute Gasteiger partial charge is 0.0991 e. The van der Waals surface area contributed by atoms with Gasteiger partial charge < -0.3 is 0 Å². The van der Waals surface area contributed by atoms with Crippen LogP contribution in [0, 0.1) is 22.7 Å². The maximum absolute atomic E-state index is 8.60. The van der Waals surface area contributed by atoms with Gasteiger partial charge in [-0.05, 0) is 24.6 Å². The molecule has 0 aliphatic heterocycles. The first-order chi connectivity index (χ1) is 6.77. The molecular formula is C11H11N3. The van der Waals surface area contributed by atoms with Gasteiger partial charge in [0.15, 0.2) is 0 Å². The standard InChI is InChI=1S/C11H11N3/c1-9(14-7-6-12)11-4-2-10(8-13)3-5-11/h2-5,9,14H,7H2,1H3. The quantitative estimate of drug-likeness (QED) is 0.729. The van der Waals surface area contributed by atoms with E-state index in [0.29, 0.717) is 12.1 Å². The van der Waals surface area contributed by atoms with Gasteiger partial charge in [-0.15, -0.1) is 0 Å². The van der Waals surface area contributed by atoms with Crippen molar-refractivity contribution in [3.63, 3.8) is 0 Å². The van der Waals surface area contributed by atoms with Crippen LogP contribution in [0.3, 0.4) is 0 Å². The Morgan fingerprint density at radius 2 is 1.93 bits per heavy atom. The number of nitrogens with one attached hydrogen (secondary N) is 1. The molecule has 1 rings (SSSR count). The Morgan fingerprint density at radius 3 is 2.43 bits per heavy atom. The second kappa shape index (κ2) is 5.01. The van der Waals surface area contributed by atoms with Gasteiger partial charge in [0.25, 0.3) is 0 Å². The van der Waals surface area contributed by atoms with Crippen molar-refractivity contribution in [1.29, 1.82) is 10.5 Å². The van der Waals surface area contributed by atoms with Crippen molar-refractivity contribution in [3.05, 3.63) is 35.4 Å². The summed E-state index contributed by atoms with van der Waals surface area (Å²) < 4.78 is 0. The van der Waals surface area contributed by atoms with Crippen molar-refractivity contribution >= 4 is 0 Å². The first kappa shape index (κ1) is 10.2. The highest BCUT2D eigenvalue weighted by Gasteiger charge is 2.03. The number of nitrogens with zero attached hydrogens (tertiary/aromatic N) is 2. The lowest BCUT2D eigenvalue weighted by Gasteiger charge is -2.11. The van der Waals surface area contributed by atoms with Gasteiger partial charge >= 0.3 is 0 Å². The molecule has 1 aromatic rings. The zero-order valence-corrected chi connectivity index (χ0v) is 7.99. The monoisotopic (exact) mass is 185 g/mol. The molecule has 0 saturated heterocycles. The molecule has 3 heteroatoms. The molecule has 3 nitrogen and oxygen atoms in total. The van der Waals surface area contributed by atoms with Crippen LogP contribution < -0.4 is 5.32 Å². The molecule has 0 aromatic heterocycles. The van der Waals surface area contributed by atoms with Crippen LogP contribution in [-0.2, 0) is 0 Å². The Balaban J connectivity index is 2.68. The molecule has 0 aliphatic carbocycles. The maximum Gasteiger partial charge on any atom is 0.0991 e. The highest BCUT2D eigenvalue weighted by atomic mass is 14.9. The SMILES string of the molecule is CC(NCC#N)c1ccc(C#N)cc1. The number of rotatable bonds is 3. The van der Waals surface area contributed by atoms with E-state index in [0.717, 1.165) is 5.56 Å². The van der Waals surface area contributed by atoms with Gasteiger partial charge in [-0.2, -0.15) is 10.5 Å². The summed E-state index contributed by atoms with van der Waals surface area (Å²) in [5.74, 6) is 0. The Kier molecular flexibility index (Phi) is 3.67. The van der Waals surface area contributed by atoms with Crippen LogP contribution in [0.2, 0.25) is 0 Å². The Labute approximate surface area is 83.6 Å². The van der Waals surface area contributed by atoms with Crippen molar-refractivity contribution in [1.82, 2.24) is 5.32 Å². The minimum absolute atomic E-state index is 0.141. The number of hydrogen-bond acceptors (Lipinski definition) is 3. The van der Waals surface area contributed by atoms with Crippen LogP contribution in [0.5, 0.6) is 0 Å². The van der Waals surface area contributed by atoms with Gasteiger partial charge in [-0.25, -0.2) is 0 Å². The first-order valence-electron chi connectivity index (χ1n) is 4.38. The molecule has 0 amide bonds. The summed E-state index contributed by atoms with van der Waals surface area (Å²) in [5.41, 5.74) is 1.74. The van der Waals surface area contributed by atoms with Crippen molar-refractivity contribution in [2.75, 3.05) is 6.54 Å². The van der Waals surface area contributed by atoms with Gasteiger partial charge in [0.2, 0.25) is 0 Å². The summed E-state index contributed by atoms with van der Waals surface area (Å²) in [4.78, 5) is 0. The summed E-state index contributed by atoms with van der Waals surface area (Å²) in [6.07, 6.45) is 0. The highest BCUT2D eigenvalue weighted by Crippen LogP contribution is 2.12. The van der Waals surface area contributed by atoms with E-state index in [4.69, 9.17) is 10.5 Å². The van der Waals surface area contributed by atoms with Gasteiger partial charge in [0.05, 0.1) is 24.2 Å². The molecular weight excluding hydrogens is 174 g/mol. The first-order valence-corrected chi connectivity index (χ1v) is 4.38. The van der Waals surface area contributed by atoms with Crippen LogP contribution in [0.4, 0.5) is 0 Å². The Bertz CT molecular complexity index is 367. The molecule has 1 aromatic carbocycles. The molecule has 0 heterocycles. The van der Waals surface area contributed by atoms with E-state index in [-0.39, 0.29) is 6.04 Å². The minimum Gasteiger partial charge on any atom is -0.298 e. The zero-order valence-electron chi connectivity index (χ0n) is 7.99. The zero-order chi connectivity index (χ0) is 10.4. The minimum atomic E-state index is 0.141. The van der Waals surface area contributed by atoms with E-state index in [1.54, 1.807) is 12.1 Å². The van der Waals surface area contributed by atoms with Crippen LogP contribution >= 0.6 is 0 Å². The van der Waals surface area contributed by atoms with Crippen molar-refractivity contribution in [3.8, 4) is 12.1 Å². The van der Waals surface area contributed by atoms with Crippen molar-refractivity contribution in [2.45, 2.75) is 13.0 Å². The molecule has 0 saturated carbocycles. The third-order valence-electron chi connectivity index (χ3n) is 2.03. The number of nitriles is 2. The van der Waals surface area contributed by atoms with Gasteiger partial charge in [0, 0.05) is 6.04 Å². The highest BCUT2D eigenvalue weighted by molar-refractivity contribution is 5.32. The molecule has 70 valence electrons. The fraction of sp³-hybridized carbons (Fsp3) is 0.273. The van der Waals surface area contributed by atoms with E-state index < -0.39 is 0 Å². The van der Waals surface area contributed by atoms with Crippen LogP contribution in [-0.4, -0.2) is 6.54 Å². The largest absolute Gasteiger partial charge is 0.298 e. The normalized spacial score (nSPS) is 11.4. The van der Waals surface area contributed by atoms with Crippen LogP contribution in [0.25, 0.3) is 0 Å². The Hall–Kier alpha value is -1.84. The summed E-state index contributed by atoms with van der Waals surface area (Å²) in [5, 5.41) is 20.0. The van der Waals surface area contributed by atoms with E-state index in [1.165, 1.54) is 0 Å². The molecule has 1 atom stereocenters. The van der Waals surface area contributed by atoms with Gasteiger partial charge in [-0.1, -0.05) is 12.1 Å². The van der Waals surface area contributed by atoms with Crippen molar-refractivity contribution in [2.24, 2.45) is 0 Å². The molecule has 1 N–H and O–H groups in total. The van der Waals surface area contributed by atoms with E-state index in [9.17, 15) is 0 Å². The van der Waals surface area contributed by atoms with Crippen LogP contribution in [0.15, 0.2) is 24.3 Å². The second-order valence-electron chi connectivity index (χ2n) is 2.99. The molecule has 0 spiro atoms. The second-order valence-corrected chi connectivity index (χ2v) is 2.99. The average Bonchev–Trinajstić information content (AvgIpc) is 2.26. The van der Waals surface area contributed by atoms with Gasteiger partial charge in [0.1, 0.15) is 0 Å². The van der Waals surface area contributed by atoms with Crippen molar-refractivity contribution < 1.29 is 0 Å². The summed E-state index contributed by atoms with van der Waals surface area (Å²) >= 11 is 0. The maximum atomic E-state index is 8.60. The average molecular weight is 185 g/mol. The van der Waals surface area contributed by atoms with E-state index >= 15 is 0 Å². The molecule has 14 heavy (non-hydrogen) atoms. The summed E-state index contributed by atoms with van der Waals surface area (Å²) in [6.45, 7) is 2.32. The predicted octanol–water partition coefficient (Wildman–Crippen LogP) is 1.73. The fourth-order valence-electron chi connectivity index (χ4n) is 1.16. The molecule has 0 fully saturated rings. The molecule has 0 aliphatic rings. The third-order valence-corrected chi connectivity index (χ3v) is 2.03. The summed E-state index contributed by atoms with van der Waals surface area (Å²) in [6, 6.07) is 11.6. The lowest BCUT2D eigenvalue weighted by atomic mass is 10.1. The third kappa shape index (κ3) is 2.58.